The molecule has 0 aromatic heterocycles. The molecule has 0 bridgehead atoms. The number of nitrogens with one attached hydrogen (secondary N) is 1. The van der Waals surface area contributed by atoms with Gasteiger partial charge in [0.25, 0.3) is 0 Å². The second-order valence-electron chi connectivity index (χ2n) is 5.05. The van der Waals surface area contributed by atoms with Crippen molar-refractivity contribution in [2.75, 3.05) is 11.9 Å². The smallest absolute Gasteiger partial charge is 0.0701 e. The van der Waals surface area contributed by atoms with E-state index in [0.717, 1.165) is 23.7 Å². The van der Waals surface area contributed by atoms with Crippen molar-refractivity contribution in [3.8, 4) is 0 Å². The highest BCUT2D eigenvalue weighted by Crippen LogP contribution is 2.24. The van der Waals surface area contributed by atoms with Crippen LogP contribution in [0, 0.1) is 5.92 Å². The Morgan fingerprint density at radius 3 is 2.47 bits per heavy atom. The van der Waals surface area contributed by atoms with E-state index in [9.17, 15) is 5.11 Å². The van der Waals surface area contributed by atoms with Gasteiger partial charge in [0, 0.05) is 17.8 Å². The molecule has 2 rings (SSSR count). The third-order valence-electron chi connectivity index (χ3n) is 3.74. The molecule has 1 aromatic rings. The van der Waals surface area contributed by atoms with Gasteiger partial charge in [-0.2, -0.15) is 0 Å². The molecule has 0 unspecified atom stereocenters. The highest BCUT2D eigenvalue weighted by atomic mass is 16.3. The number of para-hydroxylation sites is 1. The Morgan fingerprint density at radius 1 is 1.06 bits per heavy atom. The molecule has 2 nitrogen and oxygen atoms in total. The van der Waals surface area contributed by atoms with Crippen molar-refractivity contribution in [2.45, 2.75) is 45.1 Å². The van der Waals surface area contributed by atoms with Gasteiger partial charge in [-0.1, -0.05) is 43.9 Å². The third kappa shape index (κ3) is 3.74. The summed E-state index contributed by atoms with van der Waals surface area (Å²) < 4.78 is 0. The topological polar surface area (TPSA) is 32.3 Å². The molecule has 0 heterocycles. The molecule has 17 heavy (non-hydrogen) atoms. The number of anilines is 1. The van der Waals surface area contributed by atoms with Crippen LogP contribution >= 0.6 is 0 Å². The Hall–Kier alpha value is -1.02. The van der Waals surface area contributed by atoms with Crippen LogP contribution in [0.3, 0.4) is 0 Å². The average molecular weight is 233 g/mol. The van der Waals surface area contributed by atoms with Crippen LogP contribution in [0.25, 0.3) is 0 Å². The zero-order valence-electron chi connectivity index (χ0n) is 10.5. The lowest BCUT2D eigenvalue weighted by atomic mass is 10.0. The first-order valence-corrected chi connectivity index (χ1v) is 6.83. The van der Waals surface area contributed by atoms with Crippen molar-refractivity contribution < 1.29 is 5.11 Å². The van der Waals surface area contributed by atoms with Gasteiger partial charge in [0.1, 0.15) is 0 Å². The largest absolute Gasteiger partial charge is 0.392 e. The maximum Gasteiger partial charge on any atom is 0.0701 e. The second kappa shape index (κ2) is 6.65. The zero-order valence-corrected chi connectivity index (χ0v) is 10.5. The van der Waals surface area contributed by atoms with Crippen LogP contribution in [0.5, 0.6) is 0 Å². The van der Waals surface area contributed by atoms with Gasteiger partial charge in [0.15, 0.2) is 0 Å². The van der Waals surface area contributed by atoms with Crippen LogP contribution in [0.2, 0.25) is 0 Å². The van der Waals surface area contributed by atoms with Crippen LogP contribution in [-0.2, 0) is 6.61 Å². The van der Waals surface area contributed by atoms with E-state index in [1.807, 2.05) is 18.2 Å². The lowest BCUT2D eigenvalue weighted by Gasteiger charge is -2.17. The lowest BCUT2D eigenvalue weighted by Crippen LogP contribution is -2.14. The van der Waals surface area contributed by atoms with Crippen molar-refractivity contribution in [3.05, 3.63) is 29.8 Å². The van der Waals surface area contributed by atoms with Gasteiger partial charge in [0.2, 0.25) is 0 Å². The minimum atomic E-state index is 0.119. The molecule has 1 fully saturated rings. The molecule has 0 atom stereocenters. The summed E-state index contributed by atoms with van der Waals surface area (Å²) in [6, 6.07) is 8.04. The molecule has 1 aliphatic carbocycles. The molecule has 0 spiro atoms. The zero-order chi connectivity index (χ0) is 11.9. The molecular formula is C15H23NO. The van der Waals surface area contributed by atoms with Crippen LogP contribution in [0.15, 0.2) is 24.3 Å². The predicted octanol–water partition coefficient (Wildman–Crippen LogP) is 3.56. The molecule has 0 aliphatic heterocycles. The van der Waals surface area contributed by atoms with Crippen molar-refractivity contribution in [2.24, 2.45) is 5.92 Å². The molecule has 0 radical (unpaired) electrons. The average Bonchev–Trinajstić information content (AvgIpc) is 2.65. The fraction of sp³-hybridized carbons (Fsp3) is 0.600. The van der Waals surface area contributed by atoms with Gasteiger partial charge in [-0.05, 0) is 24.8 Å². The van der Waals surface area contributed by atoms with Crippen molar-refractivity contribution >= 4 is 5.69 Å². The number of hydrogen-bond donors (Lipinski definition) is 2. The van der Waals surface area contributed by atoms with E-state index >= 15 is 0 Å². The summed E-state index contributed by atoms with van der Waals surface area (Å²) in [5.74, 6) is 0.809. The van der Waals surface area contributed by atoms with E-state index in [0.29, 0.717) is 0 Å². The molecule has 1 aliphatic rings. The second-order valence-corrected chi connectivity index (χ2v) is 5.05. The summed E-state index contributed by atoms with van der Waals surface area (Å²) in [6.07, 6.45) is 8.29. The fourth-order valence-corrected chi connectivity index (χ4v) is 2.65. The van der Waals surface area contributed by atoms with Gasteiger partial charge in [0.05, 0.1) is 6.61 Å². The first-order chi connectivity index (χ1) is 8.40. The molecular weight excluding hydrogens is 210 g/mol. The highest BCUT2D eigenvalue weighted by Gasteiger charge is 2.12. The molecule has 94 valence electrons. The van der Waals surface area contributed by atoms with E-state index < -0.39 is 0 Å². The summed E-state index contributed by atoms with van der Waals surface area (Å²) in [7, 11) is 0. The molecule has 1 saturated carbocycles. The standard InChI is InChI=1S/C15H23NO/c17-12-14-9-5-6-10-15(14)16-11-13-7-3-1-2-4-8-13/h5-6,9-10,13,16-17H,1-4,7-8,11-12H2. The van der Waals surface area contributed by atoms with Crippen LogP contribution in [0.4, 0.5) is 5.69 Å². The van der Waals surface area contributed by atoms with Gasteiger partial charge >= 0.3 is 0 Å². The number of rotatable bonds is 4. The maximum atomic E-state index is 9.26. The number of aliphatic hydroxyl groups excluding tert-OH is 1. The number of benzene rings is 1. The molecule has 0 amide bonds. The predicted molar refractivity (Wildman–Crippen MR) is 72.0 cm³/mol. The minimum Gasteiger partial charge on any atom is -0.392 e. The summed E-state index contributed by atoms with van der Waals surface area (Å²) >= 11 is 0. The Balaban J connectivity index is 1.87. The molecule has 1 aromatic carbocycles. The SMILES string of the molecule is OCc1ccccc1NCC1CCCCCC1. The van der Waals surface area contributed by atoms with Gasteiger partial charge < -0.3 is 10.4 Å². The van der Waals surface area contributed by atoms with Crippen LogP contribution in [-0.4, -0.2) is 11.7 Å². The van der Waals surface area contributed by atoms with E-state index in [4.69, 9.17) is 0 Å². The molecule has 0 saturated heterocycles. The Bertz CT molecular complexity index is 329. The van der Waals surface area contributed by atoms with Crippen LogP contribution < -0.4 is 5.32 Å². The quantitative estimate of drug-likeness (QED) is 0.779. The molecule has 2 heteroatoms. The van der Waals surface area contributed by atoms with E-state index in [-0.39, 0.29) is 6.61 Å². The normalized spacial score (nSPS) is 17.7. The Morgan fingerprint density at radius 2 is 1.76 bits per heavy atom. The lowest BCUT2D eigenvalue weighted by molar-refractivity contribution is 0.282. The van der Waals surface area contributed by atoms with Crippen molar-refractivity contribution in [3.63, 3.8) is 0 Å². The first-order valence-electron chi connectivity index (χ1n) is 6.83. The summed E-state index contributed by atoms with van der Waals surface area (Å²) in [5, 5.41) is 12.8. The minimum absolute atomic E-state index is 0.119. The van der Waals surface area contributed by atoms with Crippen molar-refractivity contribution in [1.29, 1.82) is 0 Å². The number of aliphatic hydroxyl groups is 1. The first kappa shape index (κ1) is 12.4. The maximum absolute atomic E-state index is 9.26. The third-order valence-corrected chi connectivity index (χ3v) is 3.74. The number of hydrogen-bond acceptors (Lipinski definition) is 2. The summed E-state index contributed by atoms with van der Waals surface area (Å²) in [4.78, 5) is 0. The summed E-state index contributed by atoms with van der Waals surface area (Å²) in [5.41, 5.74) is 2.10. The Labute approximate surface area is 104 Å². The van der Waals surface area contributed by atoms with E-state index in [1.54, 1.807) is 0 Å². The van der Waals surface area contributed by atoms with Gasteiger partial charge in [-0.3, -0.25) is 0 Å². The van der Waals surface area contributed by atoms with E-state index in [1.165, 1.54) is 38.5 Å². The fourth-order valence-electron chi connectivity index (χ4n) is 2.65. The van der Waals surface area contributed by atoms with Crippen LogP contribution in [0.1, 0.15) is 44.1 Å². The highest BCUT2D eigenvalue weighted by molar-refractivity contribution is 5.50. The van der Waals surface area contributed by atoms with Gasteiger partial charge in [-0.25, -0.2) is 0 Å². The van der Waals surface area contributed by atoms with Gasteiger partial charge in [-0.15, -0.1) is 0 Å². The van der Waals surface area contributed by atoms with Crippen molar-refractivity contribution in [1.82, 2.24) is 0 Å². The van der Waals surface area contributed by atoms with E-state index in [2.05, 4.69) is 11.4 Å². The monoisotopic (exact) mass is 233 g/mol. The molecule has 2 N–H and O–H groups in total. The summed E-state index contributed by atoms with van der Waals surface area (Å²) in [6.45, 7) is 1.17. The Kier molecular flexibility index (Phi) is 4.87.